The molecule has 0 unspecified atom stereocenters. The van der Waals surface area contributed by atoms with Crippen LogP contribution >= 0.6 is 12.2 Å². The van der Waals surface area contributed by atoms with E-state index in [-0.39, 0.29) is 0 Å². The summed E-state index contributed by atoms with van der Waals surface area (Å²) in [5.41, 5.74) is 2.76. The maximum absolute atomic E-state index is 4.71. The first kappa shape index (κ1) is 7.00. The third-order valence-corrected chi connectivity index (χ3v) is 1.99. The first-order chi connectivity index (χ1) is 4.43. The van der Waals surface area contributed by atoms with Crippen LogP contribution in [-0.2, 0) is 0 Å². The summed E-state index contributed by atoms with van der Waals surface area (Å²) in [6.07, 6.45) is 5.33. The van der Waals surface area contributed by atoms with Crippen molar-refractivity contribution in [1.29, 1.82) is 0 Å². The van der Waals surface area contributed by atoms with Gasteiger partial charge in [0.15, 0.2) is 0 Å². The Morgan fingerprint density at radius 3 is 2.00 bits per heavy atom. The average molecular weight is 142 g/mol. The van der Waals surface area contributed by atoms with Crippen molar-refractivity contribution >= 4 is 17.7 Å². The molecule has 1 radical (unpaired) electrons. The SMILES string of the molecule is S=[C]N1CCCCCC1. The normalized spacial score (nSPS) is 21.1. The molecule has 0 bridgehead atoms. The van der Waals surface area contributed by atoms with Gasteiger partial charge in [0.2, 0.25) is 0 Å². The molecule has 1 heterocycles. The van der Waals surface area contributed by atoms with Crippen LogP contribution in [0.15, 0.2) is 0 Å². The summed E-state index contributed by atoms with van der Waals surface area (Å²) in [4.78, 5) is 2.11. The van der Waals surface area contributed by atoms with Crippen molar-refractivity contribution in [3.63, 3.8) is 0 Å². The zero-order valence-corrected chi connectivity index (χ0v) is 6.41. The summed E-state index contributed by atoms with van der Waals surface area (Å²) in [7, 11) is 0. The first-order valence-corrected chi connectivity index (χ1v) is 3.97. The molecule has 0 saturated carbocycles. The van der Waals surface area contributed by atoms with Gasteiger partial charge in [0, 0.05) is 13.1 Å². The van der Waals surface area contributed by atoms with Crippen LogP contribution in [0, 0.1) is 0 Å². The van der Waals surface area contributed by atoms with Gasteiger partial charge < -0.3 is 4.90 Å². The number of likely N-dealkylation sites (tertiary alicyclic amines) is 1. The molecule has 0 aromatic rings. The van der Waals surface area contributed by atoms with Crippen molar-refractivity contribution in [2.24, 2.45) is 0 Å². The number of hydrogen-bond acceptors (Lipinski definition) is 1. The molecule has 0 aliphatic carbocycles. The minimum absolute atomic E-state index is 1.13. The summed E-state index contributed by atoms with van der Waals surface area (Å²) in [5.74, 6) is 0. The van der Waals surface area contributed by atoms with Crippen LogP contribution in [0.3, 0.4) is 0 Å². The van der Waals surface area contributed by atoms with E-state index in [1.165, 1.54) is 25.7 Å². The zero-order chi connectivity index (χ0) is 6.53. The Kier molecular flexibility index (Phi) is 2.98. The van der Waals surface area contributed by atoms with Crippen LogP contribution in [0.1, 0.15) is 25.7 Å². The summed E-state index contributed by atoms with van der Waals surface area (Å²) in [6.45, 7) is 2.26. The van der Waals surface area contributed by atoms with Crippen LogP contribution in [0.2, 0.25) is 0 Å². The Bertz CT molecular complexity index is 84.9. The Balaban J connectivity index is 2.26. The molecule has 0 aromatic heterocycles. The van der Waals surface area contributed by atoms with Crippen LogP contribution in [-0.4, -0.2) is 23.5 Å². The van der Waals surface area contributed by atoms with Gasteiger partial charge in [-0.05, 0) is 12.8 Å². The average Bonchev–Trinajstić information content (AvgIpc) is 2.13. The number of rotatable bonds is 1. The highest BCUT2D eigenvalue weighted by Crippen LogP contribution is 2.07. The summed E-state index contributed by atoms with van der Waals surface area (Å²) < 4.78 is 0. The second-order valence-corrected chi connectivity index (χ2v) is 2.68. The number of hydrogen-bond donors (Lipinski definition) is 0. The van der Waals surface area contributed by atoms with Crippen molar-refractivity contribution < 1.29 is 0 Å². The quantitative estimate of drug-likeness (QED) is 0.513. The van der Waals surface area contributed by atoms with Crippen molar-refractivity contribution in [1.82, 2.24) is 4.90 Å². The largest absolute Gasteiger partial charge is 0.360 e. The standard InChI is InChI=1S/C7H12NS/c9-7-8-5-3-1-2-4-6-8/h1-6H2. The fraction of sp³-hybridized carbons (Fsp3) is 0.857. The Labute approximate surface area is 62.0 Å². The predicted molar refractivity (Wildman–Crippen MR) is 42.6 cm³/mol. The van der Waals surface area contributed by atoms with Crippen molar-refractivity contribution in [3.8, 4) is 0 Å². The summed E-state index contributed by atoms with van der Waals surface area (Å²) >= 11 is 4.71. The lowest BCUT2D eigenvalue weighted by atomic mass is 10.2. The summed E-state index contributed by atoms with van der Waals surface area (Å²) in [6, 6.07) is 0. The lowest BCUT2D eigenvalue weighted by Gasteiger charge is -2.12. The van der Waals surface area contributed by atoms with Gasteiger partial charge in [-0.25, -0.2) is 0 Å². The highest BCUT2D eigenvalue weighted by atomic mass is 32.1. The molecular weight excluding hydrogens is 130 g/mol. The monoisotopic (exact) mass is 142 g/mol. The van der Waals surface area contributed by atoms with E-state index in [1.807, 2.05) is 0 Å². The third kappa shape index (κ3) is 2.31. The Morgan fingerprint density at radius 2 is 1.56 bits per heavy atom. The van der Waals surface area contributed by atoms with Crippen molar-refractivity contribution in [3.05, 3.63) is 0 Å². The van der Waals surface area contributed by atoms with Gasteiger partial charge in [0.25, 0.3) is 0 Å². The molecule has 9 heavy (non-hydrogen) atoms. The van der Waals surface area contributed by atoms with Crippen LogP contribution in [0.5, 0.6) is 0 Å². The lowest BCUT2D eigenvalue weighted by Crippen LogP contribution is -2.21. The van der Waals surface area contributed by atoms with Crippen LogP contribution < -0.4 is 0 Å². The maximum atomic E-state index is 4.71. The second kappa shape index (κ2) is 3.83. The topological polar surface area (TPSA) is 3.24 Å². The zero-order valence-electron chi connectivity index (χ0n) is 5.60. The minimum Gasteiger partial charge on any atom is -0.360 e. The summed E-state index contributed by atoms with van der Waals surface area (Å²) in [5, 5.41) is 0. The van der Waals surface area contributed by atoms with Crippen LogP contribution in [0.4, 0.5) is 0 Å². The molecule has 0 spiro atoms. The third-order valence-electron chi connectivity index (χ3n) is 1.74. The number of thiocarbonyl (C=S) groups is 1. The van der Waals surface area contributed by atoms with E-state index in [9.17, 15) is 0 Å². The first-order valence-electron chi connectivity index (χ1n) is 3.56. The van der Waals surface area contributed by atoms with Gasteiger partial charge in [-0.3, -0.25) is 0 Å². The lowest BCUT2D eigenvalue weighted by molar-refractivity contribution is 0.454. The van der Waals surface area contributed by atoms with Crippen LogP contribution in [0.25, 0.3) is 0 Å². The molecule has 1 fully saturated rings. The van der Waals surface area contributed by atoms with Gasteiger partial charge >= 0.3 is 0 Å². The van der Waals surface area contributed by atoms with E-state index in [1.54, 1.807) is 0 Å². The minimum atomic E-state index is 1.13. The molecule has 0 aromatic carbocycles. The molecule has 51 valence electrons. The number of nitrogens with zero attached hydrogens (tertiary/aromatic N) is 1. The molecule has 0 amide bonds. The Morgan fingerprint density at radius 1 is 1.00 bits per heavy atom. The second-order valence-electron chi connectivity index (χ2n) is 2.49. The van der Waals surface area contributed by atoms with Gasteiger partial charge in [-0.1, -0.05) is 25.1 Å². The van der Waals surface area contributed by atoms with E-state index in [2.05, 4.69) is 10.4 Å². The van der Waals surface area contributed by atoms with Gasteiger partial charge in [-0.15, -0.1) is 0 Å². The molecule has 1 rings (SSSR count). The molecule has 0 N–H and O–H groups in total. The van der Waals surface area contributed by atoms with Gasteiger partial charge in [0.05, 0.1) is 0 Å². The van der Waals surface area contributed by atoms with E-state index in [0.29, 0.717) is 0 Å². The van der Waals surface area contributed by atoms with Crippen molar-refractivity contribution in [2.45, 2.75) is 25.7 Å². The van der Waals surface area contributed by atoms with Gasteiger partial charge in [-0.2, -0.15) is 0 Å². The molecular formula is C7H12NS. The van der Waals surface area contributed by atoms with E-state index >= 15 is 0 Å². The molecule has 2 heteroatoms. The molecule has 1 saturated heterocycles. The molecule has 1 nitrogen and oxygen atoms in total. The van der Waals surface area contributed by atoms with Crippen molar-refractivity contribution in [2.75, 3.05) is 13.1 Å². The highest BCUT2D eigenvalue weighted by molar-refractivity contribution is 7.78. The van der Waals surface area contributed by atoms with E-state index in [4.69, 9.17) is 12.2 Å². The predicted octanol–water partition coefficient (Wildman–Crippen LogP) is 1.70. The van der Waals surface area contributed by atoms with E-state index in [0.717, 1.165) is 13.1 Å². The molecule has 0 atom stereocenters. The fourth-order valence-electron chi connectivity index (χ4n) is 1.16. The smallest absolute Gasteiger partial charge is 0.136 e. The van der Waals surface area contributed by atoms with E-state index < -0.39 is 0 Å². The Hall–Kier alpha value is -0.110. The highest BCUT2D eigenvalue weighted by Gasteiger charge is 2.03. The fourth-order valence-corrected chi connectivity index (χ4v) is 1.34. The molecule has 1 aliphatic heterocycles. The maximum Gasteiger partial charge on any atom is 0.136 e. The van der Waals surface area contributed by atoms with Gasteiger partial charge in [0.1, 0.15) is 5.49 Å². The molecule has 1 aliphatic rings.